The molecule has 1 aromatic carbocycles. The molecule has 0 aliphatic carbocycles. The molecule has 5 heteroatoms. The largest absolute Gasteiger partial charge is 0.493 e. The van der Waals surface area contributed by atoms with Gasteiger partial charge in [-0.05, 0) is 42.9 Å². The molecule has 0 bridgehead atoms. The number of halogens is 2. The van der Waals surface area contributed by atoms with Crippen LogP contribution in [-0.2, 0) is 0 Å². The van der Waals surface area contributed by atoms with Crippen molar-refractivity contribution in [3.05, 3.63) is 29.3 Å². The van der Waals surface area contributed by atoms with Crippen LogP contribution < -0.4 is 10.1 Å². The van der Waals surface area contributed by atoms with Crippen LogP contribution in [0.25, 0.3) is 0 Å². The molecule has 2 atom stereocenters. The lowest BCUT2D eigenvalue weighted by Gasteiger charge is -2.26. The summed E-state index contributed by atoms with van der Waals surface area (Å²) in [6, 6.07) is 2.14. The fourth-order valence-electron chi connectivity index (χ4n) is 4.02. The summed E-state index contributed by atoms with van der Waals surface area (Å²) in [6.45, 7) is 11.8. The monoisotopic (exact) mass is 397 g/mol. The Bertz CT molecular complexity index is 603. The zero-order valence-corrected chi connectivity index (χ0v) is 18.3. The second-order valence-corrected chi connectivity index (χ2v) is 9.09. The molecule has 1 amide bonds. The van der Waals surface area contributed by atoms with Crippen molar-refractivity contribution in [1.82, 2.24) is 5.32 Å². The fourth-order valence-corrected chi connectivity index (χ4v) is 4.02. The highest BCUT2D eigenvalue weighted by Crippen LogP contribution is 2.31. The maximum Gasteiger partial charge on any atom is 0.257 e. The smallest absolute Gasteiger partial charge is 0.257 e. The van der Waals surface area contributed by atoms with Gasteiger partial charge in [0, 0.05) is 19.2 Å². The van der Waals surface area contributed by atoms with Gasteiger partial charge >= 0.3 is 0 Å². The Morgan fingerprint density at radius 1 is 1.18 bits per heavy atom. The van der Waals surface area contributed by atoms with Gasteiger partial charge < -0.3 is 10.1 Å². The molecule has 0 heterocycles. The standard InChI is InChI=1S/C23H37F2NO2/c1-7-9-17(12-16(2)15-23(3,4)5)10-8-11-28-18-13-19(24)21(20(25)14-18)22(27)26-6/h13-14,16-17H,7-12,15H2,1-6H3,(H,26,27). The summed E-state index contributed by atoms with van der Waals surface area (Å²) in [5.41, 5.74) is -0.237. The number of amides is 1. The molecule has 1 N–H and O–H groups in total. The highest BCUT2D eigenvalue weighted by molar-refractivity contribution is 5.94. The Morgan fingerprint density at radius 3 is 2.29 bits per heavy atom. The quantitative estimate of drug-likeness (QED) is 0.441. The van der Waals surface area contributed by atoms with Crippen molar-refractivity contribution in [3.8, 4) is 5.75 Å². The summed E-state index contributed by atoms with van der Waals surface area (Å²) in [4.78, 5) is 11.5. The topological polar surface area (TPSA) is 38.3 Å². The number of carbonyl (C=O) groups is 1. The first-order chi connectivity index (χ1) is 13.1. The molecule has 0 radical (unpaired) electrons. The van der Waals surface area contributed by atoms with Crippen molar-refractivity contribution in [2.24, 2.45) is 17.3 Å². The lowest BCUT2D eigenvalue weighted by atomic mass is 9.80. The van der Waals surface area contributed by atoms with E-state index in [2.05, 4.69) is 39.9 Å². The predicted octanol–water partition coefficient (Wildman–Crippen LogP) is 6.36. The Hall–Kier alpha value is -1.65. The average Bonchev–Trinajstić information content (AvgIpc) is 2.56. The van der Waals surface area contributed by atoms with E-state index in [0.717, 1.165) is 31.4 Å². The third-order valence-electron chi connectivity index (χ3n) is 4.89. The minimum atomic E-state index is -0.908. The van der Waals surface area contributed by atoms with Crippen molar-refractivity contribution in [3.63, 3.8) is 0 Å². The van der Waals surface area contributed by atoms with Crippen LogP contribution in [0.5, 0.6) is 5.75 Å². The van der Waals surface area contributed by atoms with E-state index in [0.29, 0.717) is 23.9 Å². The fraction of sp³-hybridized carbons (Fsp3) is 0.696. The van der Waals surface area contributed by atoms with Gasteiger partial charge in [0.05, 0.1) is 6.61 Å². The summed E-state index contributed by atoms with van der Waals surface area (Å²) >= 11 is 0. The molecule has 2 unspecified atom stereocenters. The van der Waals surface area contributed by atoms with Gasteiger partial charge in [0.2, 0.25) is 0 Å². The lowest BCUT2D eigenvalue weighted by molar-refractivity contribution is 0.0954. The van der Waals surface area contributed by atoms with Crippen LogP contribution in [0.3, 0.4) is 0 Å². The Morgan fingerprint density at radius 2 is 1.79 bits per heavy atom. The molecule has 28 heavy (non-hydrogen) atoms. The van der Waals surface area contributed by atoms with E-state index < -0.39 is 23.1 Å². The number of nitrogens with one attached hydrogen (secondary N) is 1. The van der Waals surface area contributed by atoms with Crippen molar-refractivity contribution in [2.75, 3.05) is 13.7 Å². The molecule has 0 saturated heterocycles. The summed E-state index contributed by atoms with van der Waals surface area (Å²) in [5, 5.41) is 2.23. The van der Waals surface area contributed by atoms with Gasteiger partial charge in [-0.25, -0.2) is 8.78 Å². The van der Waals surface area contributed by atoms with E-state index in [-0.39, 0.29) is 5.75 Å². The maximum atomic E-state index is 14.0. The van der Waals surface area contributed by atoms with Crippen LogP contribution in [0.4, 0.5) is 8.78 Å². The Kier molecular flexibility index (Phi) is 9.91. The van der Waals surface area contributed by atoms with Gasteiger partial charge in [-0.2, -0.15) is 0 Å². The number of hydrogen-bond donors (Lipinski definition) is 1. The summed E-state index contributed by atoms with van der Waals surface area (Å²) in [7, 11) is 1.33. The Labute approximate surface area is 169 Å². The van der Waals surface area contributed by atoms with Gasteiger partial charge in [-0.3, -0.25) is 4.79 Å². The summed E-state index contributed by atoms with van der Waals surface area (Å²) < 4.78 is 33.5. The molecular weight excluding hydrogens is 360 g/mol. The minimum absolute atomic E-state index is 0.121. The van der Waals surface area contributed by atoms with Gasteiger partial charge in [0.25, 0.3) is 5.91 Å². The van der Waals surface area contributed by atoms with E-state index in [1.54, 1.807) is 0 Å². The van der Waals surface area contributed by atoms with Crippen LogP contribution in [0, 0.1) is 28.9 Å². The third-order valence-corrected chi connectivity index (χ3v) is 4.89. The van der Waals surface area contributed by atoms with E-state index in [4.69, 9.17) is 4.74 Å². The van der Waals surface area contributed by atoms with Crippen molar-refractivity contribution >= 4 is 5.91 Å². The molecule has 0 spiro atoms. The average molecular weight is 398 g/mol. The number of rotatable bonds is 11. The molecule has 3 nitrogen and oxygen atoms in total. The van der Waals surface area contributed by atoms with E-state index >= 15 is 0 Å². The minimum Gasteiger partial charge on any atom is -0.493 e. The summed E-state index contributed by atoms with van der Waals surface area (Å²) in [6.07, 6.45) is 6.65. The van der Waals surface area contributed by atoms with Crippen LogP contribution >= 0.6 is 0 Å². The number of hydrogen-bond acceptors (Lipinski definition) is 2. The van der Waals surface area contributed by atoms with E-state index in [9.17, 15) is 13.6 Å². The molecule has 1 aromatic rings. The van der Waals surface area contributed by atoms with Gasteiger partial charge in [-0.15, -0.1) is 0 Å². The van der Waals surface area contributed by atoms with Crippen LogP contribution in [0.15, 0.2) is 12.1 Å². The number of benzene rings is 1. The zero-order valence-electron chi connectivity index (χ0n) is 18.3. The highest BCUT2D eigenvalue weighted by atomic mass is 19.1. The molecule has 0 aliphatic rings. The molecule has 0 aromatic heterocycles. The predicted molar refractivity (Wildman–Crippen MR) is 111 cm³/mol. The third kappa shape index (κ3) is 8.57. The highest BCUT2D eigenvalue weighted by Gasteiger charge is 2.20. The van der Waals surface area contributed by atoms with Crippen LogP contribution in [0.2, 0.25) is 0 Å². The molecule has 0 fully saturated rings. The van der Waals surface area contributed by atoms with Crippen molar-refractivity contribution < 1.29 is 18.3 Å². The number of ether oxygens (including phenoxy) is 1. The molecule has 0 aliphatic heterocycles. The number of carbonyl (C=O) groups excluding carboxylic acids is 1. The van der Waals surface area contributed by atoms with Gasteiger partial charge in [0.1, 0.15) is 22.9 Å². The Balaban J connectivity index is 2.54. The van der Waals surface area contributed by atoms with Crippen molar-refractivity contribution in [2.45, 2.75) is 73.1 Å². The first-order valence-corrected chi connectivity index (χ1v) is 10.4. The second-order valence-electron chi connectivity index (χ2n) is 9.09. The molecular formula is C23H37F2NO2. The maximum absolute atomic E-state index is 14.0. The van der Waals surface area contributed by atoms with Gasteiger partial charge in [-0.1, -0.05) is 47.5 Å². The van der Waals surface area contributed by atoms with Crippen molar-refractivity contribution in [1.29, 1.82) is 0 Å². The molecule has 0 saturated carbocycles. The first-order valence-electron chi connectivity index (χ1n) is 10.4. The van der Waals surface area contributed by atoms with Gasteiger partial charge in [0.15, 0.2) is 0 Å². The van der Waals surface area contributed by atoms with E-state index in [1.807, 2.05) is 0 Å². The normalized spacial score (nSPS) is 13.9. The second kappa shape index (κ2) is 11.4. The first kappa shape index (κ1) is 24.4. The van der Waals surface area contributed by atoms with Crippen LogP contribution in [0.1, 0.15) is 83.5 Å². The van der Waals surface area contributed by atoms with Crippen LogP contribution in [-0.4, -0.2) is 19.6 Å². The molecule has 160 valence electrons. The zero-order chi connectivity index (χ0) is 21.3. The lowest BCUT2D eigenvalue weighted by Crippen LogP contribution is -2.21. The van der Waals surface area contributed by atoms with E-state index in [1.165, 1.54) is 26.3 Å². The SMILES string of the molecule is CCCC(CCCOc1cc(F)c(C(=O)NC)c(F)c1)CC(C)CC(C)(C)C. The molecule has 1 rings (SSSR count). The summed E-state index contributed by atoms with van der Waals surface area (Å²) in [5.74, 6) is -1.15.